The molecule has 1 fully saturated rings. The van der Waals surface area contributed by atoms with E-state index < -0.39 is 9.84 Å². The predicted octanol–water partition coefficient (Wildman–Crippen LogP) is 1.71. The first-order valence-corrected chi connectivity index (χ1v) is 7.01. The molecule has 0 radical (unpaired) electrons. The number of carbonyl (C=O) groups is 1. The summed E-state index contributed by atoms with van der Waals surface area (Å²) in [5.41, 5.74) is 0. The van der Waals surface area contributed by atoms with E-state index in [0.29, 0.717) is 6.42 Å². The van der Waals surface area contributed by atoms with Gasteiger partial charge < -0.3 is 0 Å². The molecular formula is C10H18O3S. The maximum absolute atomic E-state index is 11.7. The van der Waals surface area contributed by atoms with Gasteiger partial charge in [0.15, 0.2) is 9.84 Å². The molecule has 1 rings (SSSR count). The van der Waals surface area contributed by atoms with Gasteiger partial charge in [-0.15, -0.1) is 0 Å². The molecule has 1 saturated carbocycles. The van der Waals surface area contributed by atoms with Gasteiger partial charge in [-0.2, -0.15) is 0 Å². The molecule has 0 atom stereocenters. The van der Waals surface area contributed by atoms with Gasteiger partial charge in [-0.25, -0.2) is 8.42 Å². The highest BCUT2D eigenvalue weighted by molar-refractivity contribution is 7.92. The van der Waals surface area contributed by atoms with E-state index in [1.807, 2.05) is 0 Å². The van der Waals surface area contributed by atoms with Crippen molar-refractivity contribution >= 4 is 15.6 Å². The van der Waals surface area contributed by atoms with Gasteiger partial charge >= 0.3 is 0 Å². The van der Waals surface area contributed by atoms with E-state index in [9.17, 15) is 13.2 Å². The summed E-state index contributed by atoms with van der Waals surface area (Å²) in [6.07, 6.45) is 4.94. The Hall–Kier alpha value is -0.380. The third-order valence-corrected chi connectivity index (χ3v) is 5.03. The highest BCUT2D eigenvalue weighted by Crippen LogP contribution is 2.24. The fourth-order valence-electron chi connectivity index (χ4n) is 1.87. The largest absolute Gasteiger partial charge is 0.299 e. The van der Waals surface area contributed by atoms with Gasteiger partial charge in [0.1, 0.15) is 11.5 Å². The number of rotatable bonds is 4. The second-order valence-corrected chi connectivity index (χ2v) is 6.24. The monoisotopic (exact) mass is 218 g/mol. The van der Waals surface area contributed by atoms with Crippen LogP contribution in [0.15, 0.2) is 0 Å². The fourth-order valence-corrected chi connectivity index (χ4v) is 3.81. The Balaban J connectivity index is 2.59. The smallest absolute Gasteiger partial charge is 0.160 e. The number of hydrogen-bond donors (Lipinski definition) is 0. The maximum atomic E-state index is 11.7. The average molecular weight is 218 g/mol. The Morgan fingerprint density at radius 2 is 1.79 bits per heavy atom. The third kappa shape index (κ3) is 3.08. The highest BCUT2D eigenvalue weighted by atomic mass is 32.2. The molecule has 0 aromatic rings. The Morgan fingerprint density at radius 1 is 1.21 bits per heavy atom. The molecule has 0 aromatic heterocycles. The summed E-state index contributed by atoms with van der Waals surface area (Å²) < 4.78 is 23.5. The maximum Gasteiger partial charge on any atom is 0.160 e. The van der Waals surface area contributed by atoms with Crippen LogP contribution in [0.4, 0.5) is 0 Å². The lowest BCUT2D eigenvalue weighted by molar-refractivity contribution is -0.116. The summed E-state index contributed by atoms with van der Waals surface area (Å²) in [6, 6.07) is 0. The van der Waals surface area contributed by atoms with E-state index in [0.717, 1.165) is 32.1 Å². The first-order valence-electron chi connectivity index (χ1n) is 5.29. The average Bonchev–Trinajstić information content (AvgIpc) is 2.18. The van der Waals surface area contributed by atoms with Gasteiger partial charge in [0.25, 0.3) is 0 Å². The van der Waals surface area contributed by atoms with Crippen LogP contribution in [0.2, 0.25) is 0 Å². The molecule has 1 aliphatic rings. The molecule has 0 bridgehead atoms. The van der Waals surface area contributed by atoms with Crippen molar-refractivity contribution in [1.29, 1.82) is 0 Å². The SMILES string of the molecule is CCC(=O)CS(=O)(=O)C1CCCCC1. The fraction of sp³-hybridized carbons (Fsp3) is 0.900. The van der Waals surface area contributed by atoms with E-state index in [4.69, 9.17) is 0 Å². The van der Waals surface area contributed by atoms with Crippen molar-refractivity contribution < 1.29 is 13.2 Å². The molecule has 0 heterocycles. The summed E-state index contributed by atoms with van der Waals surface area (Å²) >= 11 is 0. The minimum atomic E-state index is -3.14. The van der Waals surface area contributed by atoms with Crippen LogP contribution in [0.25, 0.3) is 0 Å². The summed E-state index contributed by atoms with van der Waals surface area (Å²) in [7, 11) is -3.14. The van der Waals surface area contributed by atoms with E-state index in [1.165, 1.54) is 0 Å². The topological polar surface area (TPSA) is 51.2 Å². The van der Waals surface area contributed by atoms with Gasteiger partial charge in [0, 0.05) is 6.42 Å². The van der Waals surface area contributed by atoms with Crippen molar-refractivity contribution in [3.8, 4) is 0 Å². The van der Waals surface area contributed by atoms with Crippen LogP contribution in [0, 0.1) is 0 Å². The van der Waals surface area contributed by atoms with Gasteiger partial charge in [-0.1, -0.05) is 26.2 Å². The zero-order valence-corrected chi connectivity index (χ0v) is 9.48. The number of Topliss-reactive ketones (excluding diaryl/α,β-unsaturated/α-hetero) is 1. The van der Waals surface area contributed by atoms with Gasteiger partial charge in [0.2, 0.25) is 0 Å². The van der Waals surface area contributed by atoms with Crippen LogP contribution >= 0.6 is 0 Å². The second kappa shape index (κ2) is 4.91. The van der Waals surface area contributed by atoms with Crippen molar-refractivity contribution in [2.24, 2.45) is 0 Å². The molecular weight excluding hydrogens is 200 g/mol. The molecule has 0 saturated heterocycles. The number of hydrogen-bond acceptors (Lipinski definition) is 3. The highest BCUT2D eigenvalue weighted by Gasteiger charge is 2.28. The van der Waals surface area contributed by atoms with Crippen molar-refractivity contribution in [3.05, 3.63) is 0 Å². The van der Waals surface area contributed by atoms with Crippen molar-refractivity contribution in [2.75, 3.05) is 5.75 Å². The number of carbonyl (C=O) groups excluding carboxylic acids is 1. The van der Waals surface area contributed by atoms with Crippen LogP contribution in [0.1, 0.15) is 45.4 Å². The number of sulfone groups is 1. The summed E-state index contributed by atoms with van der Waals surface area (Å²) in [6.45, 7) is 1.71. The van der Waals surface area contributed by atoms with Crippen molar-refractivity contribution in [3.63, 3.8) is 0 Å². The zero-order valence-electron chi connectivity index (χ0n) is 8.66. The van der Waals surface area contributed by atoms with Crippen LogP contribution in [-0.4, -0.2) is 25.2 Å². The van der Waals surface area contributed by atoms with Gasteiger partial charge in [-0.05, 0) is 12.8 Å². The van der Waals surface area contributed by atoms with Crippen LogP contribution in [-0.2, 0) is 14.6 Å². The van der Waals surface area contributed by atoms with Gasteiger partial charge in [-0.3, -0.25) is 4.79 Å². The molecule has 1 aliphatic carbocycles. The second-order valence-electron chi connectivity index (χ2n) is 3.96. The lowest BCUT2D eigenvalue weighted by Crippen LogP contribution is -2.29. The molecule has 14 heavy (non-hydrogen) atoms. The molecule has 0 unspecified atom stereocenters. The minimum absolute atomic E-state index is 0.157. The summed E-state index contributed by atoms with van der Waals surface area (Å²) in [5.74, 6) is -0.399. The van der Waals surface area contributed by atoms with Crippen molar-refractivity contribution in [1.82, 2.24) is 0 Å². The van der Waals surface area contributed by atoms with Gasteiger partial charge in [0.05, 0.1) is 5.25 Å². The molecule has 4 heteroatoms. The zero-order chi connectivity index (χ0) is 10.6. The van der Waals surface area contributed by atoms with Crippen LogP contribution < -0.4 is 0 Å². The summed E-state index contributed by atoms with van der Waals surface area (Å²) in [5, 5.41) is -0.244. The summed E-state index contributed by atoms with van der Waals surface area (Å²) in [4.78, 5) is 11.1. The molecule has 0 aliphatic heterocycles. The quantitative estimate of drug-likeness (QED) is 0.722. The Morgan fingerprint density at radius 3 is 2.29 bits per heavy atom. The molecule has 82 valence electrons. The van der Waals surface area contributed by atoms with E-state index in [-0.39, 0.29) is 16.8 Å². The first kappa shape index (κ1) is 11.7. The standard InChI is InChI=1S/C10H18O3S/c1-2-9(11)8-14(12,13)10-6-4-3-5-7-10/h10H,2-8H2,1H3. The minimum Gasteiger partial charge on any atom is -0.299 e. The molecule has 0 spiro atoms. The normalized spacial score (nSPS) is 19.5. The molecule has 0 N–H and O–H groups in total. The Labute approximate surface area is 85.8 Å². The van der Waals surface area contributed by atoms with Crippen LogP contribution in [0.3, 0.4) is 0 Å². The molecule has 0 amide bonds. The Kier molecular flexibility index (Phi) is 4.11. The molecule has 0 aromatic carbocycles. The van der Waals surface area contributed by atoms with E-state index in [1.54, 1.807) is 6.92 Å². The third-order valence-electron chi connectivity index (χ3n) is 2.82. The predicted molar refractivity (Wildman–Crippen MR) is 56.0 cm³/mol. The lowest BCUT2D eigenvalue weighted by atomic mass is 10.0. The lowest BCUT2D eigenvalue weighted by Gasteiger charge is -2.21. The number of ketones is 1. The van der Waals surface area contributed by atoms with E-state index >= 15 is 0 Å². The van der Waals surface area contributed by atoms with E-state index in [2.05, 4.69) is 0 Å². The first-order chi connectivity index (χ1) is 6.56. The Bertz CT molecular complexity index is 286. The van der Waals surface area contributed by atoms with Crippen molar-refractivity contribution in [2.45, 2.75) is 50.7 Å². The van der Waals surface area contributed by atoms with Crippen LogP contribution in [0.5, 0.6) is 0 Å². The molecule has 3 nitrogen and oxygen atoms in total.